The summed E-state index contributed by atoms with van der Waals surface area (Å²) in [4.78, 5) is 30.1. The smallest absolute Gasteiger partial charge is 0.322 e. The molecule has 7 nitrogen and oxygen atoms in total. The third kappa shape index (κ3) is 4.78. The van der Waals surface area contributed by atoms with E-state index in [1.807, 2.05) is 31.2 Å². The number of methoxy groups -OCH3 is 1. The summed E-state index contributed by atoms with van der Waals surface area (Å²) in [7, 11) is 1.58. The summed E-state index contributed by atoms with van der Waals surface area (Å²) in [6.07, 6.45) is 1.56. The van der Waals surface area contributed by atoms with Crippen molar-refractivity contribution >= 4 is 22.6 Å². The van der Waals surface area contributed by atoms with Gasteiger partial charge in [0.05, 0.1) is 26.5 Å². The van der Waals surface area contributed by atoms with Crippen molar-refractivity contribution in [3.8, 4) is 5.75 Å². The fourth-order valence-electron chi connectivity index (χ4n) is 3.36. The number of carbonyl (C=O) groups excluding carboxylic acids is 1. The minimum Gasteiger partial charge on any atom is -0.497 e. The molecule has 2 amide bonds. The molecule has 0 spiro atoms. The first-order valence-electron chi connectivity index (χ1n) is 9.87. The number of pyridine rings is 1. The van der Waals surface area contributed by atoms with Crippen molar-refractivity contribution in [2.45, 2.75) is 20.0 Å². The predicted molar refractivity (Wildman–Crippen MR) is 119 cm³/mol. The second kappa shape index (κ2) is 8.79. The van der Waals surface area contributed by atoms with Gasteiger partial charge in [0.1, 0.15) is 11.5 Å². The van der Waals surface area contributed by atoms with Crippen LogP contribution in [0.4, 0.5) is 10.5 Å². The number of H-pyrrole nitrogens is 1. The molecule has 0 saturated carbocycles. The lowest BCUT2D eigenvalue weighted by molar-refractivity contribution is 0.201. The number of nitrogens with zero attached hydrogens (tertiary/aromatic N) is 1. The van der Waals surface area contributed by atoms with Crippen molar-refractivity contribution in [3.05, 3.63) is 94.2 Å². The van der Waals surface area contributed by atoms with Crippen molar-refractivity contribution in [1.29, 1.82) is 0 Å². The lowest BCUT2D eigenvalue weighted by Gasteiger charge is -2.22. The molecule has 7 heteroatoms. The number of urea groups is 1. The summed E-state index contributed by atoms with van der Waals surface area (Å²) >= 11 is 0. The van der Waals surface area contributed by atoms with Crippen molar-refractivity contribution in [2.75, 3.05) is 12.4 Å². The maximum absolute atomic E-state index is 13.1. The van der Waals surface area contributed by atoms with Gasteiger partial charge >= 0.3 is 6.03 Å². The Labute approximate surface area is 179 Å². The third-order valence-electron chi connectivity index (χ3n) is 4.99. The predicted octanol–water partition coefficient (Wildman–Crippen LogP) is 4.67. The number of furan rings is 1. The molecular weight excluding hydrogens is 394 g/mol. The topological polar surface area (TPSA) is 87.6 Å². The number of anilines is 1. The van der Waals surface area contributed by atoms with E-state index in [0.29, 0.717) is 22.8 Å². The number of carbonyl (C=O) groups is 1. The van der Waals surface area contributed by atoms with Gasteiger partial charge in [-0.3, -0.25) is 4.79 Å². The molecule has 2 N–H and O–H groups in total. The van der Waals surface area contributed by atoms with Gasteiger partial charge < -0.3 is 24.4 Å². The van der Waals surface area contributed by atoms with Crippen molar-refractivity contribution in [2.24, 2.45) is 0 Å². The Morgan fingerprint density at radius 2 is 1.90 bits per heavy atom. The Morgan fingerprint density at radius 1 is 1.10 bits per heavy atom. The summed E-state index contributed by atoms with van der Waals surface area (Å²) < 4.78 is 10.6. The van der Waals surface area contributed by atoms with Crippen LogP contribution in [0.2, 0.25) is 0 Å². The van der Waals surface area contributed by atoms with Crippen LogP contribution in [0.15, 0.2) is 76.1 Å². The van der Waals surface area contributed by atoms with Crippen LogP contribution in [0, 0.1) is 6.92 Å². The average Bonchev–Trinajstić information content (AvgIpc) is 3.27. The van der Waals surface area contributed by atoms with E-state index in [1.165, 1.54) is 4.90 Å². The highest BCUT2D eigenvalue weighted by atomic mass is 16.5. The quantitative estimate of drug-likeness (QED) is 0.477. The zero-order valence-electron chi connectivity index (χ0n) is 17.3. The van der Waals surface area contributed by atoms with E-state index < -0.39 is 0 Å². The van der Waals surface area contributed by atoms with Gasteiger partial charge in [0.2, 0.25) is 0 Å². The second-order valence-electron chi connectivity index (χ2n) is 7.31. The molecule has 4 rings (SSSR count). The Morgan fingerprint density at radius 3 is 2.61 bits per heavy atom. The van der Waals surface area contributed by atoms with Crippen molar-refractivity contribution in [1.82, 2.24) is 9.88 Å². The average molecular weight is 417 g/mol. The molecule has 0 fully saturated rings. The van der Waals surface area contributed by atoms with Gasteiger partial charge in [-0.05, 0) is 66.9 Å². The van der Waals surface area contributed by atoms with Gasteiger partial charge in [-0.1, -0.05) is 11.6 Å². The number of aryl methyl sites for hydroxylation is 1. The summed E-state index contributed by atoms with van der Waals surface area (Å²) in [6, 6.07) is 17.9. The number of nitrogens with one attached hydrogen (secondary N) is 2. The number of ether oxygens (including phenoxy) is 1. The lowest BCUT2D eigenvalue weighted by Crippen LogP contribution is -2.35. The Balaban J connectivity index is 1.61. The molecule has 0 unspecified atom stereocenters. The van der Waals surface area contributed by atoms with Gasteiger partial charge in [0, 0.05) is 16.8 Å². The van der Waals surface area contributed by atoms with Gasteiger partial charge in [0.15, 0.2) is 0 Å². The zero-order chi connectivity index (χ0) is 21.8. The van der Waals surface area contributed by atoms with E-state index in [1.54, 1.807) is 49.8 Å². The summed E-state index contributed by atoms with van der Waals surface area (Å²) in [5, 5.41) is 3.79. The number of rotatable bonds is 6. The standard InChI is InChI=1S/C24H23N3O4/c1-16-5-10-22-17(12-16)13-18(23(28)26-22)14-27(15-21-4-3-11-31-21)24(29)25-19-6-8-20(30-2)9-7-19/h3-13H,14-15H2,1-2H3,(H,25,29)(H,26,28). The second-order valence-corrected chi connectivity index (χ2v) is 7.31. The highest BCUT2D eigenvalue weighted by molar-refractivity contribution is 5.89. The van der Waals surface area contributed by atoms with E-state index in [-0.39, 0.29) is 24.7 Å². The van der Waals surface area contributed by atoms with Gasteiger partial charge in [-0.15, -0.1) is 0 Å². The molecular formula is C24H23N3O4. The van der Waals surface area contributed by atoms with Gasteiger partial charge in [-0.25, -0.2) is 4.79 Å². The van der Waals surface area contributed by atoms with E-state index in [2.05, 4.69) is 10.3 Å². The van der Waals surface area contributed by atoms with Crippen molar-refractivity contribution < 1.29 is 13.9 Å². The SMILES string of the molecule is COc1ccc(NC(=O)N(Cc2ccco2)Cc2cc3cc(C)ccc3[nH]c2=O)cc1. The van der Waals surface area contributed by atoms with E-state index in [4.69, 9.17) is 9.15 Å². The van der Waals surface area contributed by atoms with Crippen LogP contribution in [0.5, 0.6) is 5.75 Å². The minimum absolute atomic E-state index is 0.127. The number of fused-ring (bicyclic) bond motifs is 1. The van der Waals surface area contributed by atoms with E-state index in [0.717, 1.165) is 16.5 Å². The lowest BCUT2D eigenvalue weighted by atomic mass is 10.1. The van der Waals surface area contributed by atoms with Crippen LogP contribution in [-0.4, -0.2) is 23.0 Å². The Bertz CT molecular complexity index is 1240. The number of aromatic nitrogens is 1. The van der Waals surface area contributed by atoms with Gasteiger partial charge in [0.25, 0.3) is 5.56 Å². The monoisotopic (exact) mass is 417 g/mol. The molecule has 2 aromatic heterocycles. The summed E-state index contributed by atoms with van der Waals surface area (Å²) in [5.41, 5.74) is 2.75. The minimum atomic E-state index is -0.342. The normalized spacial score (nSPS) is 10.8. The molecule has 0 aliphatic carbocycles. The van der Waals surface area contributed by atoms with Crippen molar-refractivity contribution in [3.63, 3.8) is 0 Å². The van der Waals surface area contributed by atoms with Crippen LogP contribution in [0.1, 0.15) is 16.9 Å². The van der Waals surface area contributed by atoms with E-state index >= 15 is 0 Å². The molecule has 31 heavy (non-hydrogen) atoms. The number of aromatic amines is 1. The fraction of sp³-hybridized carbons (Fsp3) is 0.167. The third-order valence-corrected chi connectivity index (χ3v) is 4.99. The highest BCUT2D eigenvalue weighted by Crippen LogP contribution is 2.18. The molecule has 0 radical (unpaired) electrons. The molecule has 0 atom stereocenters. The molecule has 0 aliphatic rings. The number of hydrogen-bond acceptors (Lipinski definition) is 4. The maximum atomic E-state index is 13.1. The Hall–Kier alpha value is -4.00. The molecule has 2 heterocycles. The van der Waals surface area contributed by atoms with Crippen LogP contribution in [-0.2, 0) is 13.1 Å². The van der Waals surface area contributed by atoms with Gasteiger partial charge in [-0.2, -0.15) is 0 Å². The molecule has 0 saturated heterocycles. The van der Waals surface area contributed by atoms with Crippen LogP contribution >= 0.6 is 0 Å². The molecule has 0 bridgehead atoms. The fourth-order valence-corrected chi connectivity index (χ4v) is 3.36. The summed E-state index contributed by atoms with van der Waals surface area (Å²) in [5.74, 6) is 1.32. The van der Waals surface area contributed by atoms with Crippen LogP contribution in [0.25, 0.3) is 10.9 Å². The molecule has 4 aromatic rings. The first-order valence-corrected chi connectivity index (χ1v) is 9.87. The first kappa shape index (κ1) is 20.3. The number of benzene rings is 2. The summed E-state index contributed by atoms with van der Waals surface area (Å²) in [6.45, 7) is 2.35. The Kier molecular flexibility index (Phi) is 5.75. The molecule has 0 aliphatic heterocycles. The number of hydrogen-bond donors (Lipinski definition) is 2. The molecule has 158 valence electrons. The molecule has 2 aromatic carbocycles. The number of amides is 2. The van der Waals surface area contributed by atoms with Crippen LogP contribution < -0.4 is 15.6 Å². The first-order chi connectivity index (χ1) is 15.0. The largest absolute Gasteiger partial charge is 0.497 e. The maximum Gasteiger partial charge on any atom is 0.322 e. The highest BCUT2D eigenvalue weighted by Gasteiger charge is 2.18. The van der Waals surface area contributed by atoms with Crippen LogP contribution in [0.3, 0.4) is 0 Å². The zero-order valence-corrected chi connectivity index (χ0v) is 17.3. The van der Waals surface area contributed by atoms with E-state index in [9.17, 15) is 9.59 Å².